The standard InChI is InChI=1S/C24H24F2N2O2/c1-17(23(29)28(2)20-11-7-4-8-12-20)27-22(18-9-5-3-6-10-18)19-13-15-21(16-14-19)30-24(25)26/h3-17,22,24,27H,1-2H3/t17-,22-/m1/s1. The lowest BCUT2D eigenvalue weighted by Crippen LogP contribution is -2.44. The Morgan fingerprint density at radius 2 is 1.40 bits per heavy atom. The minimum Gasteiger partial charge on any atom is -0.435 e. The van der Waals surface area contributed by atoms with Crippen LogP contribution in [0.15, 0.2) is 84.9 Å². The number of benzene rings is 3. The van der Waals surface area contributed by atoms with Gasteiger partial charge in [0, 0.05) is 12.7 Å². The van der Waals surface area contributed by atoms with E-state index in [-0.39, 0.29) is 17.7 Å². The number of para-hydroxylation sites is 1. The Hall–Kier alpha value is -3.25. The smallest absolute Gasteiger partial charge is 0.387 e. The molecule has 0 aliphatic rings. The van der Waals surface area contributed by atoms with Crippen LogP contribution in [0.25, 0.3) is 0 Å². The normalized spacial score (nSPS) is 13.0. The van der Waals surface area contributed by atoms with Crippen LogP contribution in [0.3, 0.4) is 0 Å². The third-order valence-electron chi connectivity index (χ3n) is 4.83. The molecule has 1 amide bonds. The first-order chi connectivity index (χ1) is 14.5. The van der Waals surface area contributed by atoms with Crippen LogP contribution in [0.2, 0.25) is 0 Å². The first-order valence-electron chi connectivity index (χ1n) is 9.64. The fourth-order valence-electron chi connectivity index (χ4n) is 3.26. The maximum Gasteiger partial charge on any atom is 0.387 e. The van der Waals surface area contributed by atoms with Gasteiger partial charge in [0.15, 0.2) is 0 Å². The molecule has 0 radical (unpaired) electrons. The van der Waals surface area contributed by atoms with Crippen molar-refractivity contribution in [3.63, 3.8) is 0 Å². The Morgan fingerprint density at radius 3 is 1.97 bits per heavy atom. The Labute approximate surface area is 175 Å². The Balaban J connectivity index is 1.82. The molecule has 0 aromatic heterocycles. The quantitative estimate of drug-likeness (QED) is 0.567. The van der Waals surface area contributed by atoms with Crippen LogP contribution in [0, 0.1) is 0 Å². The van der Waals surface area contributed by atoms with E-state index in [1.807, 2.05) is 67.6 Å². The number of amides is 1. The van der Waals surface area contributed by atoms with Crippen molar-refractivity contribution in [1.82, 2.24) is 5.32 Å². The predicted octanol–water partition coefficient (Wildman–Crippen LogP) is 5.02. The van der Waals surface area contributed by atoms with E-state index in [2.05, 4.69) is 10.1 Å². The molecule has 1 N–H and O–H groups in total. The lowest BCUT2D eigenvalue weighted by Gasteiger charge is -2.27. The predicted molar refractivity (Wildman–Crippen MR) is 114 cm³/mol. The van der Waals surface area contributed by atoms with Crippen molar-refractivity contribution in [1.29, 1.82) is 0 Å². The average Bonchev–Trinajstić information content (AvgIpc) is 2.77. The number of carbonyl (C=O) groups excluding carboxylic acids is 1. The van der Waals surface area contributed by atoms with Crippen molar-refractivity contribution >= 4 is 11.6 Å². The summed E-state index contributed by atoms with van der Waals surface area (Å²) < 4.78 is 29.3. The van der Waals surface area contributed by atoms with Crippen LogP contribution in [-0.4, -0.2) is 25.6 Å². The molecule has 0 heterocycles. The molecule has 0 bridgehead atoms. The highest BCUT2D eigenvalue weighted by Gasteiger charge is 2.24. The molecule has 30 heavy (non-hydrogen) atoms. The van der Waals surface area contributed by atoms with Crippen LogP contribution in [0.4, 0.5) is 14.5 Å². The number of nitrogens with one attached hydrogen (secondary N) is 1. The van der Waals surface area contributed by atoms with Crippen LogP contribution in [0.1, 0.15) is 24.1 Å². The second-order valence-corrected chi connectivity index (χ2v) is 6.91. The molecule has 3 aromatic carbocycles. The second kappa shape index (κ2) is 9.98. The summed E-state index contributed by atoms with van der Waals surface area (Å²) in [5.74, 6) is 0.00767. The number of anilines is 1. The SMILES string of the molecule is C[C@@H](N[C@H](c1ccccc1)c1ccc(OC(F)F)cc1)C(=O)N(C)c1ccccc1. The maximum atomic E-state index is 13.0. The molecule has 0 unspecified atom stereocenters. The molecule has 0 saturated carbocycles. The lowest BCUT2D eigenvalue weighted by atomic mass is 9.97. The molecule has 3 aromatic rings. The van der Waals surface area contributed by atoms with Crippen LogP contribution < -0.4 is 15.0 Å². The molecule has 6 heteroatoms. The van der Waals surface area contributed by atoms with Gasteiger partial charge in [-0.2, -0.15) is 8.78 Å². The fraction of sp³-hybridized carbons (Fsp3) is 0.208. The van der Waals surface area contributed by atoms with Gasteiger partial charge >= 0.3 is 6.61 Å². The number of hydrogen-bond acceptors (Lipinski definition) is 3. The summed E-state index contributed by atoms with van der Waals surface area (Å²) in [4.78, 5) is 14.6. The maximum absolute atomic E-state index is 13.0. The topological polar surface area (TPSA) is 41.6 Å². The van der Waals surface area contributed by atoms with Gasteiger partial charge in [0.1, 0.15) is 5.75 Å². The van der Waals surface area contributed by atoms with Gasteiger partial charge in [0.2, 0.25) is 5.91 Å². The van der Waals surface area contributed by atoms with Crippen molar-refractivity contribution in [3.8, 4) is 5.75 Å². The summed E-state index contributed by atoms with van der Waals surface area (Å²) >= 11 is 0. The summed E-state index contributed by atoms with van der Waals surface area (Å²) in [6, 6.07) is 24.7. The number of alkyl halides is 2. The first-order valence-corrected chi connectivity index (χ1v) is 9.64. The fourth-order valence-corrected chi connectivity index (χ4v) is 3.26. The minimum atomic E-state index is -2.87. The molecule has 0 aliphatic heterocycles. The Morgan fingerprint density at radius 1 is 0.867 bits per heavy atom. The van der Waals surface area contributed by atoms with Gasteiger partial charge in [-0.15, -0.1) is 0 Å². The van der Waals surface area contributed by atoms with Gasteiger partial charge in [-0.1, -0.05) is 60.7 Å². The van der Waals surface area contributed by atoms with E-state index in [0.717, 1.165) is 16.8 Å². The molecular weight excluding hydrogens is 386 g/mol. The number of hydrogen-bond donors (Lipinski definition) is 1. The number of carbonyl (C=O) groups is 1. The molecular formula is C24H24F2N2O2. The molecule has 0 spiro atoms. The van der Waals surface area contributed by atoms with Crippen molar-refractivity contribution in [2.24, 2.45) is 0 Å². The Kier molecular flexibility index (Phi) is 7.14. The van der Waals surface area contributed by atoms with E-state index < -0.39 is 12.7 Å². The first kappa shape index (κ1) is 21.5. The number of nitrogens with zero attached hydrogens (tertiary/aromatic N) is 1. The zero-order valence-corrected chi connectivity index (χ0v) is 16.8. The molecule has 0 saturated heterocycles. The Bertz CT molecular complexity index is 934. The monoisotopic (exact) mass is 410 g/mol. The second-order valence-electron chi connectivity index (χ2n) is 6.91. The highest BCUT2D eigenvalue weighted by atomic mass is 19.3. The molecule has 0 aliphatic carbocycles. The van der Waals surface area contributed by atoms with Crippen LogP contribution in [-0.2, 0) is 4.79 Å². The van der Waals surface area contributed by atoms with Crippen LogP contribution >= 0.6 is 0 Å². The zero-order valence-electron chi connectivity index (χ0n) is 16.8. The van der Waals surface area contributed by atoms with E-state index in [4.69, 9.17) is 0 Å². The summed E-state index contributed by atoms with van der Waals surface area (Å²) in [6.07, 6.45) is 0. The largest absolute Gasteiger partial charge is 0.435 e. The molecule has 156 valence electrons. The number of ether oxygens (including phenoxy) is 1. The summed E-state index contributed by atoms with van der Waals surface area (Å²) in [7, 11) is 1.74. The summed E-state index contributed by atoms with van der Waals surface area (Å²) in [6.45, 7) is -1.06. The number of halogens is 2. The number of likely N-dealkylation sites (N-methyl/N-ethyl adjacent to an activating group) is 1. The third-order valence-corrected chi connectivity index (χ3v) is 4.83. The molecule has 4 nitrogen and oxygen atoms in total. The van der Waals surface area contributed by atoms with E-state index in [1.54, 1.807) is 24.1 Å². The van der Waals surface area contributed by atoms with E-state index in [1.165, 1.54) is 12.1 Å². The third kappa shape index (κ3) is 5.42. The van der Waals surface area contributed by atoms with E-state index in [0.29, 0.717) is 0 Å². The highest BCUT2D eigenvalue weighted by molar-refractivity contribution is 5.96. The van der Waals surface area contributed by atoms with Crippen molar-refractivity contribution < 1.29 is 18.3 Å². The van der Waals surface area contributed by atoms with E-state index >= 15 is 0 Å². The van der Waals surface area contributed by atoms with E-state index in [9.17, 15) is 13.6 Å². The van der Waals surface area contributed by atoms with Crippen molar-refractivity contribution in [2.45, 2.75) is 25.6 Å². The van der Waals surface area contributed by atoms with Crippen molar-refractivity contribution in [2.75, 3.05) is 11.9 Å². The van der Waals surface area contributed by atoms with Gasteiger partial charge in [-0.25, -0.2) is 0 Å². The van der Waals surface area contributed by atoms with Gasteiger partial charge in [0.25, 0.3) is 0 Å². The van der Waals surface area contributed by atoms with Gasteiger partial charge < -0.3 is 9.64 Å². The van der Waals surface area contributed by atoms with Gasteiger partial charge in [0.05, 0.1) is 12.1 Å². The minimum absolute atomic E-state index is 0.0835. The molecule has 2 atom stereocenters. The molecule has 3 rings (SSSR count). The molecule has 0 fully saturated rings. The van der Waals surface area contributed by atoms with Crippen molar-refractivity contribution in [3.05, 3.63) is 96.1 Å². The highest BCUT2D eigenvalue weighted by Crippen LogP contribution is 2.26. The zero-order chi connectivity index (χ0) is 21.5. The van der Waals surface area contributed by atoms with Crippen LogP contribution in [0.5, 0.6) is 5.75 Å². The van der Waals surface area contributed by atoms with Gasteiger partial charge in [-0.05, 0) is 42.3 Å². The lowest BCUT2D eigenvalue weighted by molar-refractivity contribution is -0.120. The summed E-state index contributed by atoms with van der Waals surface area (Å²) in [5.41, 5.74) is 2.60. The summed E-state index contributed by atoms with van der Waals surface area (Å²) in [5, 5.41) is 3.38. The average molecular weight is 410 g/mol. The van der Waals surface area contributed by atoms with Gasteiger partial charge in [-0.3, -0.25) is 10.1 Å². The number of rotatable bonds is 8.